The van der Waals surface area contributed by atoms with E-state index in [0.29, 0.717) is 0 Å². The predicted molar refractivity (Wildman–Crippen MR) is 91.6 cm³/mol. The van der Waals surface area contributed by atoms with Crippen molar-refractivity contribution < 1.29 is 0 Å². The number of aryl methyl sites for hydroxylation is 1. The highest BCUT2D eigenvalue weighted by Gasteiger charge is 2.14. The Labute approximate surface area is 136 Å². The molecule has 0 spiro atoms. The zero-order valence-electron chi connectivity index (χ0n) is 12.8. The number of benzene rings is 1. The van der Waals surface area contributed by atoms with Gasteiger partial charge in [-0.05, 0) is 43.9 Å². The van der Waals surface area contributed by atoms with Crippen LogP contribution in [-0.4, -0.2) is 23.1 Å². The summed E-state index contributed by atoms with van der Waals surface area (Å²) in [7, 11) is 0. The van der Waals surface area contributed by atoms with E-state index in [1.807, 2.05) is 37.3 Å². The molecule has 0 amide bonds. The van der Waals surface area contributed by atoms with Gasteiger partial charge in [-0.1, -0.05) is 23.7 Å². The Kier molecular flexibility index (Phi) is 4.78. The third-order valence-electron chi connectivity index (χ3n) is 3.87. The monoisotopic (exact) mass is 316 g/mol. The highest BCUT2D eigenvalue weighted by molar-refractivity contribution is 6.30. The van der Waals surface area contributed by atoms with Crippen molar-refractivity contribution >= 4 is 23.4 Å². The number of nitrogens with one attached hydrogen (secondary N) is 1. The average Bonchev–Trinajstić information content (AvgIpc) is 2.55. The van der Waals surface area contributed by atoms with E-state index in [-0.39, 0.29) is 0 Å². The van der Waals surface area contributed by atoms with Gasteiger partial charge >= 0.3 is 0 Å². The number of hydrogen-bond donors (Lipinski definition) is 1. The minimum absolute atomic E-state index is 0.729. The third kappa shape index (κ3) is 3.89. The molecule has 1 aromatic heterocycles. The summed E-state index contributed by atoms with van der Waals surface area (Å²) in [6.07, 6.45) is 3.76. The van der Waals surface area contributed by atoms with Crippen molar-refractivity contribution in [1.82, 2.24) is 9.97 Å². The molecule has 2 heterocycles. The summed E-state index contributed by atoms with van der Waals surface area (Å²) in [6.45, 7) is 4.86. The van der Waals surface area contributed by atoms with Crippen LogP contribution in [0.5, 0.6) is 0 Å². The van der Waals surface area contributed by atoms with Gasteiger partial charge < -0.3 is 10.2 Å². The van der Waals surface area contributed by atoms with E-state index in [4.69, 9.17) is 11.6 Å². The molecule has 0 atom stereocenters. The minimum atomic E-state index is 0.729. The molecule has 0 unspecified atom stereocenters. The second-order valence-corrected chi connectivity index (χ2v) is 6.16. The fourth-order valence-corrected chi connectivity index (χ4v) is 2.80. The Morgan fingerprint density at radius 1 is 1.09 bits per heavy atom. The van der Waals surface area contributed by atoms with Crippen molar-refractivity contribution in [3.8, 4) is 0 Å². The Morgan fingerprint density at radius 3 is 2.55 bits per heavy atom. The van der Waals surface area contributed by atoms with Crippen LogP contribution < -0.4 is 10.2 Å². The maximum Gasteiger partial charge on any atom is 0.227 e. The number of aromatic nitrogens is 2. The Morgan fingerprint density at radius 2 is 1.82 bits per heavy atom. The van der Waals surface area contributed by atoms with E-state index in [1.54, 1.807) is 0 Å². The Hall–Kier alpha value is -1.81. The lowest BCUT2D eigenvalue weighted by molar-refractivity contribution is 0.568. The molecule has 0 aliphatic carbocycles. The smallest absolute Gasteiger partial charge is 0.227 e. The average molecular weight is 317 g/mol. The second-order valence-electron chi connectivity index (χ2n) is 5.72. The van der Waals surface area contributed by atoms with Crippen LogP contribution in [-0.2, 0) is 6.54 Å². The van der Waals surface area contributed by atoms with E-state index in [1.165, 1.54) is 24.8 Å². The summed E-state index contributed by atoms with van der Waals surface area (Å²) in [4.78, 5) is 11.5. The number of rotatable bonds is 4. The Balaban J connectivity index is 1.70. The molecule has 22 heavy (non-hydrogen) atoms. The molecular formula is C17H21ClN4. The van der Waals surface area contributed by atoms with Crippen molar-refractivity contribution in [2.24, 2.45) is 0 Å². The van der Waals surface area contributed by atoms with Gasteiger partial charge in [0.2, 0.25) is 5.95 Å². The van der Waals surface area contributed by atoms with Crippen molar-refractivity contribution in [2.45, 2.75) is 32.7 Å². The first-order valence-electron chi connectivity index (χ1n) is 7.80. The van der Waals surface area contributed by atoms with Crippen molar-refractivity contribution in [3.63, 3.8) is 0 Å². The van der Waals surface area contributed by atoms with Gasteiger partial charge in [0.1, 0.15) is 5.82 Å². The lowest BCUT2D eigenvalue weighted by Gasteiger charge is -2.27. The summed E-state index contributed by atoms with van der Waals surface area (Å²) in [6, 6.07) is 9.85. The molecule has 3 rings (SSSR count). The molecule has 0 bridgehead atoms. The molecule has 0 saturated carbocycles. The highest BCUT2D eigenvalue weighted by Crippen LogP contribution is 2.19. The van der Waals surface area contributed by atoms with Gasteiger partial charge in [-0.25, -0.2) is 4.98 Å². The van der Waals surface area contributed by atoms with Gasteiger partial charge in [0.15, 0.2) is 0 Å². The van der Waals surface area contributed by atoms with Gasteiger partial charge in [-0.15, -0.1) is 0 Å². The van der Waals surface area contributed by atoms with E-state index in [0.717, 1.165) is 42.1 Å². The van der Waals surface area contributed by atoms with Gasteiger partial charge in [-0.2, -0.15) is 4.98 Å². The molecule has 1 aliphatic rings. The molecule has 1 aromatic carbocycles. The fourth-order valence-electron chi connectivity index (χ4n) is 2.67. The van der Waals surface area contributed by atoms with Crippen LogP contribution in [0.1, 0.15) is 30.5 Å². The molecular weight excluding hydrogens is 296 g/mol. The van der Waals surface area contributed by atoms with Gasteiger partial charge in [0.25, 0.3) is 0 Å². The summed E-state index contributed by atoms with van der Waals surface area (Å²) in [5, 5.41) is 4.14. The standard InChI is InChI=1S/C17H21ClN4/c1-13-11-16(19-12-14-5-7-15(18)8-6-14)21-17(20-13)22-9-3-2-4-10-22/h5-8,11H,2-4,9-10,12H2,1H3,(H,19,20,21). The summed E-state index contributed by atoms with van der Waals surface area (Å²) >= 11 is 5.91. The van der Waals surface area contributed by atoms with E-state index in [9.17, 15) is 0 Å². The topological polar surface area (TPSA) is 41.1 Å². The van der Waals surface area contributed by atoms with Gasteiger partial charge in [-0.3, -0.25) is 0 Å². The predicted octanol–water partition coefficient (Wildman–Crippen LogP) is 4.04. The lowest BCUT2D eigenvalue weighted by atomic mass is 10.1. The lowest BCUT2D eigenvalue weighted by Crippen LogP contribution is -2.31. The number of piperidine rings is 1. The molecule has 1 aliphatic heterocycles. The van der Waals surface area contributed by atoms with Crippen molar-refractivity contribution in [2.75, 3.05) is 23.3 Å². The third-order valence-corrected chi connectivity index (χ3v) is 4.12. The maximum atomic E-state index is 5.91. The zero-order chi connectivity index (χ0) is 15.4. The van der Waals surface area contributed by atoms with Crippen LogP contribution in [0, 0.1) is 6.92 Å². The molecule has 1 fully saturated rings. The van der Waals surface area contributed by atoms with Crippen LogP contribution in [0.25, 0.3) is 0 Å². The van der Waals surface area contributed by atoms with E-state index in [2.05, 4.69) is 20.2 Å². The minimum Gasteiger partial charge on any atom is -0.366 e. The second kappa shape index (κ2) is 6.97. The molecule has 1 saturated heterocycles. The van der Waals surface area contributed by atoms with Crippen molar-refractivity contribution in [3.05, 3.63) is 46.6 Å². The summed E-state index contributed by atoms with van der Waals surface area (Å²) < 4.78 is 0. The SMILES string of the molecule is Cc1cc(NCc2ccc(Cl)cc2)nc(N2CCCCC2)n1. The largest absolute Gasteiger partial charge is 0.366 e. The Bertz CT molecular complexity index is 621. The van der Waals surface area contributed by atoms with Crippen LogP contribution in [0.2, 0.25) is 5.02 Å². The fraction of sp³-hybridized carbons (Fsp3) is 0.412. The molecule has 2 aromatic rings. The molecule has 1 N–H and O–H groups in total. The van der Waals surface area contributed by atoms with Crippen LogP contribution in [0.3, 0.4) is 0 Å². The van der Waals surface area contributed by atoms with E-state index < -0.39 is 0 Å². The number of anilines is 2. The maximum absolute atomic E-state index is 5.91. The van der Waals surface area contributed by atoms with Crippen LogP contribution in [0.15, 0.2) is 30.3 Å². The quantitative estimate of drug-likeness (QED) is 0.924. The molecule has 4 nitrogen and oxygen atoms in total. The molecule has 5 heteroatoms. The van der Waals surface area contributed by atoms with Crippen LogP contribution in [0.4, 0.5) is 11.8 Å². The number of hydrogen-bond acceptors (Lipinski definition) is 4. The first-order chi connectivity index (χ1) is 10.7. The van der Waals surface area contributed by atoms with E-state index >= 15 is 0 Å². The zero-order valence-corrected chi connectivity index (χ0v) is 13.6. The van der Waals surface area contributed by atoms with Gasteiger partial charge in [0.05, 0.1) is 0 Å². The first-order valence-corrected chi connectivity index (χ1v) is 8.17. The number of nitrogens with zero attached hydrogens (tertiary/aromatic N) is 3. The molecule has 0 radical (unpaired) electrons. The first kappa shape index (κ1) is 15.1. The summed E-state index contributed by atoms with van der Waals surface area (Å²) in [5.74, 6) is 1.72. The summed E-state index contributed by atoms with van der Waals surface area (Å²) in [5.41, 5.74) is 2.18. The molecule has 116 valence electrons. The van der Waals surface area contributed by atoms with Crippen molar-refractivity contribution in [1.29, 1.82) is 0 Å². The van der Waals surface area contributed by atoms with Crippen LogP contribution >= 0.6 is 11.6 Å². The highest BCUT2D eigenvalue weighted by atomic mass is 35.5. The normalized spacial score (nSPS) is 14.9. The number of halogens is 1. The van der Waals surface area contributed by atoms with Gasteiger partial charge in [0, 0.05) is 36.4 Å².